The van der Waals surface area contributed by atoms with Gasteiger partial charge in [0.2, 0.25) is 0 Å². The number of H-pyrrole nitrogens is 2. The number of aromatic amines is 2. The molecule has 8 nitrogen and oxygen atoms in total. The Kier molecular flexibility index (Phi) is 4.49. The predicted molar refractivity (Wildman–Crippen MR) is 140 cm³/mol. The Labute approximate surface area is 219 Å². The van der Waals surface area contributed by atoms with Crippen LogP contribution in [-0.2, 0) is 0 Å². The molecule has 2 aromatic carbocycles. The average Bonchev–Trinajstić information content (AvgIpc) is 3.49. The van der Waals surface area contributed by atoms with Gasteiger partial charge in [0.05, 0.1) is 44.1 Å². The number of rotatable bonds is 2. The molecule has 0 unspecified atom stereocenters. The number of fused-ring (bicyclic) bond motifs is 8. The third-order valence-corrected chi connectivity index (χ3v) is 6.82. The van der Waals surface area contributed by atoms with Crippen molar-refractivity contribution in [3.8, 4) is 22.8 Å². The van der Waals surface area contributed by atoms with Crippen LogP contribution in [0.4, 0.5) is 17.6 Å². The van der Waals surface area contributed by atoms with Gasteiger partial charge in [-0.1, -0.05) is 0 Å². The summed E-state index contributed by atoms with van der Waals surface area (Å²) in [6.07, 6.45) is 4.98. The molecule has 0 saturated carbocycles. The Morgan fingerprint density at radius 1 is 0.525 bits per heavy atom. The van der Waals surface area contributed by atoms with Gasteiger partial charge in [-0.05, 0) is 36.4 Å². The van der Waals surface area contributed by atoms with E-state index < -0.39 is 23.3 Å². The molecule has 6 heterocycles. The standard InChI is InChI=1S/C28H12F4N8/c29-13-9-35-25(19(13)31)27-28(26-20(32)14(30)10-36-26)40-18-8-16-15(7-17(18)39-27)37-23-11-3-1-5-33-21(11)22-12(24(23)38-16)4-2-6-34-22/h1-10,35-36H. The number of nitrogens with one attached hydrogen (secondary N) is 2. The largest absolute Gasteiger partial charge is 0.355 e. The third kappa shape index (κ3) is 3.06. The van der Waals surface area contributed by atoms with E-state index in [1.807, 2.05) is 12.1 Å². The first-order valence-corrected chi connectivity index (χ1v) is 12.0. The molecule has 0 bridgehead atoms. The van der Waals surface area contributed by atoms with Gasteiger partial charge in [0.1, 0.15) is 22.8 Å². The summed E-state index contributed by atoms with van der Waals surface area (Å²) in [7, 11) is 0. The van der Waals surface area contributed by atoms with Gasteiger partial charge in [0.15, 0.2) is 23.3 Å². The fraction of sp³-hybridized carbons (Fsp3) is 0. The topological polar surface area (TPSA) is 109 Å². The first-order valence-electron chi connectivity index (χ1n) is 12.0. The number of hydrogen-bond donors (Lipinski definition) is 2. The molecule has 0 radical (unpaired) electrons. The summed E-state index contributed by atoms with van der Waals surface area (Å²) >= 11 is 0. The fourth-order valence-corrected chi connectivity index (χ4v) is 5.01. The van der Waals surface area contributed by atoms with E-state index in [0.717, 1.165) is 23.2 Å². The fourth-order valence-electron chi connectivity index (χ4n) is 5.01. The summed E-state index contributed by atoms with van der Waals surface area (Å²) in [5.74, 6) is -4.76. The lowest BCUT2D eigenvalue weighted by Gasteiger charge is -2.11. The lowest BCUT2D eigenvalue weighted by Crippen LogP contribution is -2.00. The second kappa shape index (κ2) is 7.99. The first-order chi connectivity index (χ1) is 19.5. The zero-order chi connectivity index (χ0) is 27.1. The Hall–Kier alpha value is -5.52. The van der Waals surface area contributed by atoms with Crippen LogP contribution in [-0.4, -0.2) is 39.9 Å². The Morgan fingerprint density at radius 2 is 0.950 bits per heavy atom. The lowest BCUT2D eigenvalue weighted by molar-refractivity contribution is 0.517. The van der Waals surface area contributed by atoms with E-state index in [1.165, 1.54) is 0 Å². The van der Waals surface area contributed by atoms with Crippen LogP contribution in [0.25, 0.3) is 77.7 Å². The predicted octanol–water partition coefficient (Wildman–Crippen LogP) is 6.37. The lowest BCUT2D eigenvalue weighted by atomic mass is 10.1. The zero-order valence-corrected chi connectivity index (χ0v) is 20.0. The molecule has 0 fully saturated rings. The number of halogens is 4. The summed E-state index contributed by atoms with van der Waals surface area (Å²) in [6.45, 7) is 0. The van der Waals surface area contributed by atoms with Gasteiger partial charge >= 0.3 is 0 Å². The molecular formula is C28H12F4N8. The molecule has 0 aliphatic carbocycles. The monoisotopic (exact) mass is 536 g/mol. The number of nitrogens with zero attached hydrogens (tertiary/aromatic N) is 6. The van der Waals surface area contributed by atoms with Crippen molar-refractivity contribution in [2.75, 3.05) is 0 Å². The van der Waals surface area contributed by atoms with Crippen molar-refractivity contribution in [2.24, 2.45) is 0 Å². The SMILES string of the molecule is Fc1c[nH]c(-c2nc3cc4nc5c6cccnc6c6ncccc6c5nc4cc3nc2-c2[nH]cc(F)c2F)c1F. The van der Waals surface area contributed by atoms with Crippen molar-refractivity contribution in [3.63, 3.8) is 0 Å². The number of pyridine rings is 2. The van der Waals surface area contributed by atoms with Crippen molar-refractivity contribution >= 4 is 54.9 Å². The quantitative estimate of drug-likeness (QED) is 0.151. The minimum atomic E-state index is -1.23. The highest BCUT2D eigenvalue weighted by molar-refractivity contribution is 6.21. The molecule has 0 aliphatic heterocycles. The third-order valence-electron chi connectivity index (χ3n) is 6.82. The Bertz CT molecular complexity index is 2180. The molecule has 0 saturated heterocycles. The minimum Gasteiger partial charge on any atom is -0.355 e. The summed E-state index contributed by atoms with van der Waals surface area (Å²) in [4.78, 5) is 32.7. The van der Waals surface area contributed by atoms with Crippen LogP contribution in [0.3, 0.4) is 0 Å². The van der Waals surface area contributed by atoms with Crippen LogP contribution in [0.2, 0.25) is 0 Å². The van der Waals surface area contributed by atoms with E-state index in [-0.39, 0.29) is 33.8 Å². The smallest absolute Gasteiger partial charge is 0.186 e. The van der Waals surface area contributed by atoms with Crippen LogP contribution in [0, 0.1) is 23.3 Å². The molecule has 0 spiro atoms. The maximum atomic E-state index is 14.7. The van der Waals surface area contributed by atoms with Gasteiger partial charge < -0.3 is 9.97 Å². The van der Waals surface area contributed by atoms with Crippen molar-refractivity contribution in [2.45, 2.75) is 0 Å². The molecule has 0 atom stereocenters. The number of benzene rings is 2. The Morgan fingerprint density at radius 3 is 1.35 bits per heavy atom. The second-order valence-electron chi connectivity index (χ2n) is 9.12. The van der Waals surface area contributed by atoms with E-state index in [9.17, 15) is 17.6 Å². The average molecular weight is 536 g/mol. The molecule has 8 rings (SSSR count). The van der Waals surface area contributed by atoms with Crippen LogP contribution >= 0.6 is 0 Å². The normalized spacial score (nSPS) is 12.0. The molecular weight excluding hydrogens is 524 g/mol. The summed E-state index contributed by atoms with van der Waals surface area (Å²) in [5.41, 5.74) is 2.82. The van der Waals surface area contributed by atoms with Crippen molar-refractivity contribution in [1.82, 2.24) is 39.9 Å². The minimum absolute atomic E-state index is 0.213. The number of aromatic nitrogens is 8. The molecule has 0 aliphatic rings. The van der Waals surface area contributed by atoms with Gasteiger partial charge in [0.25, 0.3) is 0 Å². The molecule has 40 heavy (non-hydrogen) atoms. The van der Waals surface area contributed by atoms with Gasteiger partial charge in [-0.15, -0.1) is 0 Å². The van der Waals surface area contributed by atoms with Crippen molar-refractivity contribution < 1.29 is 17.6 Å². The van der Waals surface area contributed by atoms with Gasteiger partial charge in [-0.2, -0.15) is 0 Å². The second-order valence-corrected chi connectivity index (χ2v) is 9.12. The van der Waals surface area contributed by atoms with E-state index in [4.69, 9.17) is 9.97 Å². The van der Waals surface area contributed by atoms with E-state index >= 15 is 0 Å². The van der Waals surface area contributed by atoms with Gasteiger partial charge in [0, 0.05) is 35.6 Å². The highest BCUT2D eigenvalue weighted by Crippen LogP contribution is 2.36. The maximum absolute atomic E-state index is 14.7. The molecule has 0 amide bonds. The maximum Gasteiger partial charge on any atom is 0.186 e. The van der Waals surface area contributed by atoms with Crippen molar-refractivity contribution in [1.29, 1.82) is 0 Å². The van der Waals surface area contributed by atoms with Gasteiger partial charge in [-0.25, -0.2) is 37.5 Å². The van der Waals surface area contributed by atoms with Crippen LogP contribution in [0.15, 0.2) is 61.2 Å². The Balaban J connectivity index is 1.48. The first kappa shape index (κ1) is 22.5. The highest BCUT2D eigenvalue weighted by Gasteiger charge is 2.25. The van der Waals surface area contributed by atoms with E-state index in [0.29, 0.717) is 33.1 Å². The van der Waals surface area contributed by atoms with Gasteiger partial charge in [-0.3, -0.25) is 9.97 Å². The zero-order valence-electron chi connectivity index (χ0n) is 20.0. The highest BCUT2D eigenvalue weighted by atomic mass is 19.2. The van der Waals surface area contributed by atoms with E-state index in [1.54, 1.807) is 36.7 Å². The molecule has 12 heteroatoms. The molecule has 192 valence electrons. The molecule has 8 aromatic rings. The molecule has 2 N–H and O–H groups in total. The summed E-state index contributed by atoms with van der Waals surface area (Å²) in [5, 5.41) is 1.52. The molecule has 6 aromatic heterocycles. The number of hydrogen-bond acceptors (Lipinski definition) is 6. The van der Waals surface area contributed by atoms with Crippen LogP contribution < -0.4 is 0 Å². The van der Waals surface area contributed by atoms with E-state index in [2.05, 4.69) is 29.9 Å². The van der Waals surface area contributed by atoms with Crippen molar-refractivity contribution in [3.05, 3.63) is 84.5 Å². The summed E-state index contributed by atoms with van der Waals surface area (Å²) < 4.78 is 57.2. The van der Waals surface area contributed by atoms with Crippen LogP contribution in [0.5, 0.6) is 0 Å². The summed E-state index contributed by atoms with van der Waals surface area (Å²) in [6, 6.07) is 10.6. The van der Waals surface area contributed by atoms with Crippen LogP contribution in [0.1, 0.15) is 0 Å².